The molecule has 2 heterocycles. The van der Waals surface area contributed by atoms with Gasteiger partial charge in [0, 0.05) is 17.3 Å². The molecular formula is C26H24ClN3O4S. The number of halogens is 1. The summed E-state index contributed by atoms with van der Waals surface area (Å²) in [6.07, 6.45) is 0.804. The number of hydrogen-bond donors (Lipinski definition) is 2. The van der Waals surface area contributed by atoms with E-state index in [-0.39, 0.29) is 18.4 Å². The number of amides is 3. The summed E-state index contributed by atoms with van der Waals surface area (Å²) in [4.78, 5) is 40.8. The molecule has 1 aromatic heterocycles. The molecule has 2 aromatic carbocycles. The predicted octanol–water partition coefficient (Wildman–Crippen LogP) is 5.24. The van der Waals surface area contributed by atoms with Gasteiger partial charge in [-0.2, -0.15) is 0 Å². The van der Waals surface area contributed by atoms with E-state index >= 15 is 0 Å². The summed E-state index contributed by atoms with van der Waals surface area (Å²) < 4.78 is 5.73. The molecule has 0 radical (unpaired) electrons. The van der Waals surface area contributed by atoms with Crippen molar-refractivity contribution < 1.29 is 19.1 Å². The van der Waals surface area contributed by atoms with Gasteiger partial charge in [-0.15, -0.1) is 11.3 Å². The molecule has 5 rings (SSSR count). The van der Waals surface area contributed by atoms with Gasteiger partial charge in [0.15, 0.2) is 12.1 Å². The molecule has 35 heavy (non-hydrogen) atoms. The predicted molar refractivity (Wildman–Crippen MR) is 134 cm³/mol. The third kappa shape index (κ3) is 5.49. The number of hydrogen-bond acceptors (Lipinski definition) is 5. The molecule has 1 saturated heterocycles. The van der Waals surface area contributed by atoms with Gasteiger partial charge in [0.1, 0.15) is 0 Å². The highest BCUT2D eigenvalue weighted by molar-refractivity contribution is 7.12. The zero-order valence-corrected chi connectivity index (χ0v) is 20.4. The first-order valence-corrected chi connectivity index (χ1v) is 12.7. The maximum atomic E-state index is 13.3. The number of nitrogens with one attached hydrogen (secondary N) is 2. The molecular weight excluding hydrogens is 486 g/mol. The first-order chi connectivity index (χ1) is 17.0. The van der Waals surface area contributed by atoms with E-state index in [2.05, 4.69) is 10.6 Å². The van der Waals surface area contributed by atoms with Crippen molar-refractivity contribution in [3.05, 3.63) is 87.1 Å². The molecule has 9 heteroatoms. The van der Waals surface area contributed by atoms with Crippen LogP contribution < -0.4 is 10.6 Å². The molecule has 2 atom stereocenters. The lowest BCUT2D eigenvalue weighted by molar-refractivity contribution is -0.126. The van der Waals surface area contributed by atoms with Gasteiger partial charge in [-0.3, -0.25) is 14.5 Å². The van der Waals surface area contributed by atoms with E-state index in [0.29, 0.717) is 33.6 Å². The van der Waals surface area contributed by atoms with Crippen LogP contribution in [0.2, 0.25) is 5.02 Å². The zero-order valence-electron chi connectivity index (χ0n) is 18.8. The molecule has 7 nitrogen and oxygen atoms in total. The Bertz CT molecular complexity index is 1240. The number of thiophene rings is 1. The van der Waals surface area contributed by atoms with Gasteiger partial charge < -0.3 is 15.4 Å². The van der Waals surface area contributed by atoms with Crippen LogP contribution in [0.25, 0.3) is 0 Å². The van der Waals surface area contributed by atoms with Gasteiger partial charge in [0.05, 0.1) is 11.4 Å². The smallest absolute Gasteiger partial charge is 0.411 e. The van der Waals surface area contributed by atoms with Crippen molar-refractivity contribution in [2.75, 3.05) is 11.9 Å². The fourth-order valence-corrected chi connectivity index (χ4v) is 4.94. The van der Waals surface area contributed by atoms with Crippen LogP contribution >= 0.6 is 22.9 Å². The van der Waals surface area contributed by atoms with E-state index < -0.39 is 18.2 Å². The molecule has 2 unspecified atom stereocenters. The number of anilines is 1. The van der Waals surface area contributed by atoms with Gasteiger partial charge in [-0.05, 0) is 65.6 Å². The van der Waals surface area contributed by atoms with E-state index in [1.165, 1.54) is 16.2 Å². The normalized spacial score (nSPS) is 19.3. The number of ether oxygens (including phenoxy) is 1. The minimum Gasteiger partial charge on any atom is -0.438 e. The number of rotatable bonds is 8. The van der Waals surface area contributed by atoms with E-state index in [9.17, 15) is 14.4 Å². The fraction of sp³-hybridized carbons (Fsp3) is 0.269. The van der Waals surface area contributed by atoms with Crippen LogP contribution in [0.15, 0.2) is 66.0 Å². The molecule has 0 bridgehead atoms. The Morgan fingerprint density at radius 1 is 1.09 bits per heavy atom. The summed E-state index contributed by atoms with van der Waals surface area (Å²) in [5.74, 6) is 0.0114. The minimum atomic E-state index is -0.858. The van der Waals surface area contributed by atoms with E-state index in [4.69, 9.17) is 16.3 Å². The molecule has 3 amide bonds. The van der Waals surface area contributed by atoms with Crippen LogP contribution in [0.5, 0.6) is 0 Å². The van der Waals surface area contributed by atoms with Gasteiger partial charge in [0.2, 0.25) is 5.91 Å². The lowest BCUT2D eigenvalue weighted by Crippen LogP contribution is -2.46. The Kier molecular flexibility index (Phi) is 6.74. The average molecular weight is 510 g/mol. The summed E-state index contributed by atoms with van der Waals surface area (Å²) in [6, 6.07) is 17.0. The van der Waals surface area contributed by atoms with Crippen molar-refractivity contribution in [1.82, 2.24) is 10.2 Å². The SMILES string of the molecule is O=C(Nc1cccc(C2OC(=O)N(Cc3cccc(Cl)c3)C2C(=O)NCC2CC2)c1)c1cccs1. The highest BCUT2D eigenvalue weighted by Gasteiger charge is 2.47. The standard InChI is InChI=1S/C26H24ClN3O4S/c27-19-6-1-4-17(12-19)15-30-22(25(32)28-14-16-9-10-16)23(34-26(30)33)18-5-2-7-20(13-18)29-24(31)21-8-3-11-35-21/h1-8,11-13,16,22-23H,9-10,14-15H2,(H,28,32)(H,29,31). The minimum absolute atomic E-state index is 0.187. The van der Waals surface area contributed by atoms with Gasteiger partial charge in [-0.25, -0.2) is 4.79 Å². The van der Waals surface area contributed by atoms with Crippen LogP contribution in [-0.2, 0) is 16.1 Å². The van der Waals surface area contributed by atoms with Crippen LogP contribution in [0.4, 0.5) is 10.5 Å². The van der Waals surface area contributed by atoms with Crippen LogP contribution in [-0.4, -0.2) is 35.4 Å². The number of carbonyl (C=O) groups is 3. The third-order valence-corrected chi connectivity index (χ3v) is 7.18. The summed E-state index contributed by atoms with van der Waals surface area (Å²) in [7, 11) is 0. The van der Waals surface area contributed by atoms with E-state index in [0.717, 1.165) is 18.4 Å². The number of cyclic esters (lactones) is 1. The maximum Gasteiger partial charge on any atom is 0.411 e. The summed E-state index contributed by atoms with van der Waals surface area (Å²) >= 11 is 7.48. The number of nitrogens with zero attached hydrogens (tertiary/aromatic N) is 1. The van der Waals surface area contributed by atoms with Crippen LogP contribution in [0.1, 0.15) is 39.7 Å². The number of carbonyl (C=O) groups excluding carboxylic acids is 3. The molecule has 1 aliphatic carbocycles. The molecule has 2 aliphatic rings. The molecule has 1 saturated carbocycles. The topological polar surface area (TPSA) is 87.7 Å². The molecule has 2 fully saturated rings. The van der Waals surface area contributed by atoms with Gasteiger partial charge in [0.25, 0.3) is 5.91 Å². The average Bonchev–Trinajstić information content (AvgIpc) is 3.39. The Hall–Kier alpha value is -3.36. The molecule has 1 aliphatic heterocycles. The highest BCUT2D eigenvalue weighted by atomic mass is 35.5. The number of benzene rings is 2. The van der Waals surface area contributed by atoms with Crippen molar-refractivity contribution in [2.24, 2.45) is 5.92 Å². The van der Waals surface area contributed by atoms with Gasteiger partial charge in [-0.1, -0.05) is 41.9 Å². The monoisotopic (exact) mass is 509 g/mol. The quantitative estimate of drug-likeness (QED) is 0.434. The highest BCUT2D eigenvalue weighted by Crippen LogP contribution is 2.36. The first-order valence-electron chi connectivity index (χ1n) is 11.4. The van der Waals surface area contributed by atoms with Crippen molar-refractivity contribution in [2.45, 2.75) is 31.5 Å². The maximum absolute atomic E-state index is 13.3. The molecule has 3 aromatic rings. The molecule has 2 N–H and O–H groups in total. The second-order valence-corrected chi connectivity index (χ2v) is 10.1. The molecule has 0 spiro atoms. The van der Waals surface area contributed by atoms with Crippen molar-refractivity contribution >= 4 is 46.5 Å². The molecule has 180 valence electrons. The van der Waals surface area contributed by atoms with E-state index in [1.807, 2.05) is 17.5 Å². The summed E-state index contributed by atoms with van der Waals surface area (Å²) in [5, 5.41) is 8.25. The second-order valence-electron chi connectivity index (χ2n) is 8.75. The van der Waals surface area contributed by atoms with Crippen LogP contribution in [0, 0.1) is 5.92 Å². The lowest BCUT2D eigenvalue weighted by atomic mass is 10.00. The largest absolute Gasteiger partial charge is 0.438 e. The zero-order chi connectivity index (χ0) is 24.4. The Balaban J connectivity index is 1.40. The summed E-state index contributed by atoms with van der Waals surface area (Å²) in [6.45, 7) is 0.768. The van der Waals surface area contributed by atoms with E-state index in [1.54, 1.807) is 48.5 Å². The fourth-order valence-electron chi connectivity index (χ4n) is 4.11. The Morgan fingerprint density at radius 3 is 2.66 bits per heavy atom. The Labute approximate surface area is 212 Å². The summed E-state index contributed by atoms with van der Waals surface area (Å²) in [5.41, 5.74) is 1.98. The second kappa shape index (κ2) is 10.1. The van der Waals surface area contributed by atoms with Crippen molar-refractivity contribution in [1.29, 1.82) is 0 Å². The third-order valence-electron chi connectivity index (χ3n) is 6.08. The van der Waals surface area contributed by atoms with Crippen molar-refractivity contribution in [3.8, 4) is 0 Å². The van der Waals surface area contributed by atoms with Crippen LogP contribution in [0.3, 0.4) is 0 Å². The first kappa shape index (κ1) is 23.4. The van der Waals surface area contributed by atoms with Crippen molar-refractivity contribution in [3.63, 3.8) is 0 Å². The lowest BCUT2D eigenvalue weighted by Gasteiger charge is -2.24. The Morgan fingerprint density at radius 2 is 1.91 bits per heavy atom. The van der Waals surface area contributed by atoms with Gasteiger partial charge >= 0.3 is 6.09 Å².